The fraction of sp³-hybridized carbons (Fsp3) is 0.0769. The minimum atomic E-state index is -0.213. The van der Waals surface area contributed by atoms with Crippen LogP contribution in [-0.4, -0.2) is 9.97 Å². The summed E-state index contributed by atoms with van der Waals surface area (Å²) in [6.07, 6.45) is 0. The normalized spacial score (nSPS) is 11.1. The number of aromatic amines is 1. The fourth-order valence-corrected chi connectivity index (χ4v) is 3.58. The highest BCUT2D eigenvalue weighted by molar-refractivity contribution is 7.22. The first-order chi connectivity index (χ1) is 9.08. The Morgan fingerprint density at radius 1 is 1.37 bits per heavy atom. The number of halogens is 1. The highest BCUT2D eigenvalue weighted by Gasteiger charge is 2.16. The van der Waals surface area contributed by atoms with Crippen molar-refractivity contribution >= 4 is 39.1 Å². The highest BCUT2D eigenvalue weighted by Crippen LogP contribution is 2.38. The van der Waals surface area contributed by atoms with Crippen LogP contribution in [0.25, 0.3) is 20.7 Å². The van der Waals surface area contributed by atoms with E-state index in [2.05, 4.69) is 9.97 Å². The van der Waals surface area contributed by atoms with Gasteiger partial charge < -0.3 is 5.73 Å². The van der Waals surface area contributed by atoms with Gasteiger partial charge in [0.1, 0.15) is 4.83 Å². The molecule has 2 heterocycles. The number of nitrogens with one attached hydrogen (secondary N) is 1. The van der Waals surface area contributed by atoms with E-state index in [9.17, 15) is 4.79 Å². The Morgan fingerprint density at radius 3 is 2.84 bits per heavy atom. The van der Waals surface area contributed by atoms with Crippen molar-refractivity contribution in [1.29, 1.82) is 0 Å². The minimum absolute atomic E-state index is 0.129. The van der Waals surface area contributed by atoms with Crippen molar-refractivity contribution < 1.29 is 0 Å². The molecule has 2 aromatic heterocycles. The molecule has 0 unspecified atom stereocenters. The predicted molar refractivity (Wildman–Crippen MR) is 79.8 cm³/mol. The molecule has 3 rings (SSSR count). The van der Waals surface area contributed by atoms with Crippen molar-refractivity contribution in [3.05, 3.63) is 45.2 Å². The van der Waals surface area contributed by atoms with E-state index in [0.717, 1.165) is 16.0 Å². The SMILES string of the molecule is Cc1c(-c2ccccc2Cl)sc2nc(N)[nH]c(=O)c12. The lowest BCUT2D eigenvalue weighted by Crippen LogP contribution is -2.10. The number of benzene rings is 1. The first-order valence-corrected chi connectivity index (χ1v) is 6.81. The number of hydrogen-bond acceptors (Lipinski definition) is 4. The molecule has 6 heteroatoms. The number of aryl methyl sites for hydroxylation is 1. The molecule has 3 N–H and O–H groups in total. The molecule has 4 nitrogen and oxygen atoms in total. The van der Waals surface area contributed by atoms with Crippen molar-refractivity contribution in [2.75, 3.05) is 5.73 Å². The maximum Gasteiger partial charge on any atom is 0.261 e. The van der Waals surface area contributed by atoms with E-state index in [1.165, 1.54) is 11.3 Å². The third kappa shape index (κ3) is 1.91. The largest absolute Gasteiger partial charge is 0.369 e. The van der Waals surface area contributed by atoms with Crippen molar-refractivity contribution in [2.24, 2.45) is 0 Å². The van der Waals surface area contributed by atoms with Crippen LogP contribution in [0.2, 0.25) is 5.02 Å². The van der Waals surface area contributed by atoms with Gasteiger partial charge in [-0.25, -0.2) is 4.98 Å². The van der Waals surface area contributed by atoms with Gasteiger partial charge in [-0.3, -0.25) is 9.78 Å². The minimum Gasteiger partial charge on any atom is -0.369 e. The third-order valence-electron chi connectivity index (χ3n) is 2.94. The molecule has 0 atom stereocenters. The molecule has 0 saturated carbocycles. The van der Waals surface area contributed by atoms with Gasteiger partial charge in [0.15, 0.2) is 0 Å². The summed E-state index contributed by atoms with van der Waals surface area (Å²) < 4.78 is 0. The van der Waals surface area contributed by atoms with E-state index < -0.39 is 0 Å². The van der Waals surface area contributed by atoms with Gasteiger partial charge in [-0.05, 0) is 18.6 Å². The van der Waals surface area contributed by atoms with Gasteiger partial charge in [-0.1, -0.05) is 29.8 Å². The van der Waals surface area contributed by atoms with Crippen LogP contribution in [0, 0.1) is 6.92 Å². The summed E-state index contributed by atoms with van der Waals surface area (Å²) in [5.74, 6) is 0.129. The molecule has 0 spiro atoms. The molecule has 0 aliphatic carbocycles. The maximum atomic E-state index is 11.9. The molecule has 0 radical (unpaired) electrons. The summed E-state index contributed by atoms with van der Waals surface area (Å²) in [4.78, 5) is 20.2. The Kier molecular flexibility index (Phi) is 2.80. The molecule has 0 saturated heterocycles. The number of H-pyrrole nitrogens is 1. The topological polar surface area (TPSA) is 71.8 Å². The molecule has 1 aromatic carbocycles. The quantitative estimate of drug-likeness (QED) is 0.723. The van der Waals surface area contributed by atoms with Gasteiger partial charge in [0.25, 0.3) is 5.56 Å². The summed E-state index contributed by atoms with van der Waals surface area (Å²) in [6.45, 7) is 1.89. The second kappa shape index (κ2) is 4.36. The molecule has 0 aliphatic heterocycles. The zero-order valence-corrected chi connectivity index (χ0v) is 11.6. The predicted octanol–water partition coefficient (Wildman–Crippen LogP) is 3.20. The van der Waals surface area contributed by atoms with Crippen molar-refractivity contribution in [3.8, 4) is 10.4 Å². The number of rotatable bonds is 1. The van der Waals surface area contributed by atoms with E-state index in [4.69, 9.17) is 17.3 Å². The van der Waals surface area contributed by atoms with Crippen LogP contribution in [0.4, 0.5) is 5.95 Å². The van der Waals surface area contributed by atoms with Crippen LogP contribution in [0.5, 0.6) is 0 Å². The van der Waals surface area contributed by atoms with Gasteiger partial charge in [-0.2, -0.15) is 0 Å². The summed E-state index contributed by atoms with van der Waals surface area (Å²) >= 11 is 7.63. The van der Waals surface area contributed by atoms with Crippen LogP contribution in [0.15, 0.2) is 29.1 Å². The summed E-state index contributed by atoms with van der Waals surface area (Å²) in [7, 11) is 0. The fourth-order valence-electron chi connectivity index (χ4n) is 2.06. The number of fused-ring (bicyclic) bond motifs is 1. The number of hydrogen-bond donors (Lipinski definition) is 2. The molecule has 0 aliphatic rings. The van der Waals surface area contributed by atoms with Crippen LogP contribution < -0.4 is 11.3 Å². The molecule has 3 aromatic rings. The smallest absolute Gasteiger partial charge is 0.261 e. The van der Waals surface area contributed by atoms with E-state index >= 15 is 0 Å². The van der Waals surface area contributed by atoms with Crippen molar-refractivity contribution in [3.63, 3.8) is 0 Å². The van der Waals surface area contributed by atoms with Crippen LogP contribution in [-0.2, 0) is 0 Å². The Morgan fingerprint density at radius 2 is 2.11 bits per heavy atom. The number of nitrogen functional groups attached to an aromatic ring is 1. The number of aromatic nitrogens is 2. The molecule has 0 fully saturated rings. The van der Waals surface area contributed by atoms with Gasteiger partial charge in [0, 0.05) is 15.5 Å². The zero-order chi connectivity index (χ0) is 13.6. The van der Waals surface area contributed by atoms with Crippen molar-refractivity contribution in [1.82, 2.24) is 9.97 Å². The lowest BCUT2D eigenvalue weighted by molar-refractivity contribution is 1.19. The standard InChI is InChI=1S/C13H10ClN3OS/c1-6-9-11(18)16-13(15)17-12(9)19-10(6)7-4-2-3-5-8(7)14/h2-5H,1H3,(H3,15,16,17,18). The van der Waals surface area contributed by atoms with Crippen molar-refractivity contribution in [2.45, 2.75) is 6.92 Å². The second-order valence-corrected chi connectivity index (χ2v) is 5.57. The average molecular weight is 292 g/mol. The van der Waals surface area contributed by atoms with E-state index in [-0.39, 0.29) is 11.5 Å². The van der Waals surface area contributed by atoms with Crippen LogP contribution >= 0.6 is 22.9 Å². The van der Waals surface area contributed by atoms with Crippen LogP contribution in [0.1, 0.15) is 5.56 Å². The van der Waals surface area contributed by atoms with E-state index in [1.54, 1.807) is 0 Å². The van der Waals surface area contributed by atoms with Gasteiger partial charge in [0.2, 0.25) is 5.95 Å². The second-order valence-electron chi connectivity index (χ2n) is 4.17. The van der Waals surface area contributed by atoms with E-state index in [0.29, 0.717) is 15.2 Å². The molecule has 0 bridgehead atoms. The Hall–Kier alpha value is -1.85. The summed E-state index contributed by atoms with van der Waals surface area (Å²) in [5.41, 5.74) is 7.14. The van der Waals surface area contributed by atoms with E-state index in [1.807, 2.05) is 31.2 Å². The summed E-state index contributed by atoms with van der Waals surface area (Å²) in [6, 6.07) is 7.54. The van der Waals surface area contributed by atoms with Gasteiger partial charge in [0.05, 0.1) is 5.39 Å². The zero-order valence-electron chi connectivity index (χ0n) is 10.0. The van der Waals surface area contributed by atoms with Crippen LogP contribution in [0.3, 0.4) is 0 Å². The number of nitrogens with zero attached hydrogens (tertiary/aromatic N) is 1. The van der Waals surface area contributed by atoms with Gasteiger partial charge in [-0.15, -0.1) is 11.3 Å². The Bertz CT molecular complexity index is 838. The molecule has 0 amide bonds. The third-order valence-corrected chi connectivity index (χ3v) is 4.49. The average Bonchev–Trinajstić information content (AvgIpc) is 2.67. The number of anilines is 1. The lowest BCUT2D eigenvalue weighted by atomic mass is 10.1. The molecule has 19 heavy (non-hydrogen) atoms. The first-order valence-electron chi connectivity index (χ1n) is 5.61. The molecule has 96 valence electrons. The number of thiophene rings is 1. The highest BCUT2D eigenvalue weighted by atomic mass is 35.5. The lowest BCUT2D eigenvalue weighted by Gasteiger charge is -2.01. The first kappa shape index (κ1) is 12.2. The summed E-state index contributed by atoms with van der Waals surface area (Å²) in [5, 5.41) is 1.23. The molecular formula is C13H10ClN3OS. The number of nitrogens with two attached hydrogens (primary N) is 1. The maximum absolute atomic E-state index is 11.9. The Balaban J connectivity index is 2.39. The monoisotopic (exact) mass is 291 g/mol. The molecular weight excluding hydrogens is 282 g/mol. The van der Waals surface area contributed by atoms with Gasteiger partial charge >= 0.3 is 0 Å². The Labute approximate surface area is 117 Å².